The van der Waals surface area contributed by atoms with Crippen LogP contribution in [0.3, 0.4) is 0 Å². The second-order valence-electron chi connectivity index (χ2n) is 5.14. The summed E-state index contributed by atoms with van der Waals surface area (Å²) >= 11 is 0. The van der Waals surface area contributed by atoms with E-state index < -0.39 is 12.0 Å². The molecule has 0 bridgehead atoms. The minimum atomic E-state index is -0.778. The van der Waals surface area contributed by atoms with Crippen LogP contribution in [0.15, 0.2) is 30.3 Å². The van der Waals surface area contributed by atoms with Gasteiger partial charge in [0.05, 0.1) is 7.11 Å². The molecule has 20 heavy (non-hydrogen) atoms. The van der Waals surface area contributed by atoms with Gasteiger partial charge in [-0.05, 0) is 24.3 Å². The number of carbonyl (C=O) groups excluding carboxylic acids is 2. The van der Waals surface area contributed by atoms with Crippen LogP contribution in [-0.4, -0.2) is 25.0 Å². The predicted molar refractivity (Wildman–Crippen MR) is 74.7 cm³/mol. The molecule has 0 heterocycles. The highest BCUT2D eigenvalue weighted by Crippen LogP contribution is 2.32. The second-order valence-corrected chi connectivity index (χ2v) is 5.14. The van der Waals surface area contributed by atoms with Gasteiger partial charge in [0.2, 0.25) is 5.91 Å². The number of nitrogens with two attached hydrogens (primary N) is 1. The van der Waals surface area contributed by atoms with E-state index in [0.717, 1.165) is 12.8 Å². The number of carbonyl (C=O) groups is 2. The molecule has 0 aromatic heterocycles. The molecule has 1 aromatic rings. The van der Waals surface area contributed by atoms with Crippen LogP contribution in [0.5, 0.6) is 0 Å². The summed E-state index contributed by atoms with van der Waals surface area (Å²) in [4.78, 5) is 23.8. The molecule has 1 aliphatic rings. The summed E-state index contributed by atoms with van der Waals surface area (Å²) in [7, 11) is 1.31. The fourth-order valence-corrected chi connectivity index (χ4v) is 2.17. The largest absolute Gasteiger partial charge is 0.467 e. The molecule has 5 nitrogen and oxygen atoms in total. The van der Waals surface area contributed by atoms with Crippen molar-refractivity contribution in [2.45, 2.75) is 31.3 Å². The Morgan fingerprint density at radius 3 is 2.55 bits per heavy atom. The first-order valence-corrected chi connectivity index (χ1v) is 6.79. The van der Waals surface area contributed by atoms with E-state index in [-0.39, 0.29) is 18.4 Å². The van der Waals surface area contributed by atoms with Crippen LogP contribution in [0.1, 0.15) is 30.9 Å². The molecule has 0 aliphatic heterocycles. The van der Waals surface area contributed by atoms with Gasteiger partial charge in [0.15, 0.2) is 6.04 Å². The van der Waals surface area contributed by atoms with Crippen molar-refractivity contribution in [1.29, 1.82) is 0 Å². The van der Waals surface area contributed by atoms with E-state index in [4.69, 9.17) is 10.5 Å². The van der Waals surface area contributed by atoms with Crippen molar-refractivity contribution < 1.29 is 14.3 Å². The number of amides is 1. The number of esters is 1. The fourth-order valence-electron chi connectivity index (χ4n) is 2.17. The molecule has 2 rings (SSSR count). The Hall–Kier alpha value is -1.88. The van der Waals surface area contributed by atoms with Gasteiger partial charge < -0.3 is 15.8 Å². The first kappa shape index (κ1) is 14.5. The Morgan fingerprint density at radius 1 is 1.35 bits per heavy atom. The molecular weight excluding hydrogens is 256 g/mol. The average Bonchev–Trinajstić information content (AvgIpc) is 3.29. The molecule has 1 saturated carbocycles. The first-order valence-electron chi connectivity index (χ1n) is 6.79. The number of nitrogens with one attached hydrogen (secondary N) is 1. The minimum absolute atomic E-state index is 0.121. The summed E-state index contributed by atoms with van der Waals surface area (Å²) in [5, 5.41) is 2.70. The van der Waals surface area contributed by atoms with Gasteiger partial charge in [-0.25, -0.2) is 4.79 Å². The highest BCUT2D eigenvalue weighted by molar-refractivity contribution is 5.85. The van der Waals surface area contributed by atoms with Crippen LogP contribution < -0.4 is 11.1 Å². The summed E-state index contributed by atoms with van der Waals surface area (Å²) in [6.45, 7) is 0. The van der Waals surface area contributed by atoms with Crippen molar-refractivity contribution in [3.63, 3.8) is 0 Å². The van der Waals surface area contributed by atoms with Gasteiger partial charge in [-0.2, -0.15) is 0 Å². The lowest BCUT2D eigenvalue weighted by molar-refractivity contribution is -0.145. The molecule has 0 spiro atoms. The summed E-state index contributed by atoms with van der Waals surface area (Å²) in [6.07, 6.45) is 2.42. The van der Waals surface area contributed by atoms with Gasteiger partial charge in [-0.3, -0.25) is 4.79 Å². The molecule has 2 atom stereocenters. The number of hydrogen-bond donors (Lipinski definition) is 2. The quantitative estimate of drug-likeness (QED) is 0.764. The normalized spacial score (nSPS) is 17.1. The maximum atomic E-state index is 12.0. The number of hydrogen-bond acceptors (Lipinski definition) is 4. The molecule has 1 amide bonds. The lowest BCUT2D eigenvalue weighted by Gasteiger charge is -2.18. The zero-order valence-corrected chi connectivity index (χ0v) is 11.5. The number of benzene rings is 1. The summed E-state index contributed by atoms with van der Waals surface area (Å²) in [6, 6.07) is 8.14. The van der Waals surface area contributed by atoms with Crippen molar-refractivity contribution in [2.75, 3.05) is 7.11 Å². The van der Waals surface area contributed by atoms with Crippen LogP contribution in [0.2, 0.25) is 0 Å². The lowest BCUT2D eigenvalue weighted by atomic mass is 10.1. The van der Waals surface area contributed by atoms with Crippen molar-refractivity contribution >= 4 is 11.9 Å². The number of rotatable bonds is 6. The third kappa shape index (κ3) is 3.81. The fraction of sp³-hybridized carbons (Fsp3) is 0.467. The Morgan fingerprint density at radius 2 is 2.00 bits per heavy atom. The third-order valence-electron chi connectivity index (χ3n) is 3.52. The topological polar surface area (TPSA) is 81.4 Å². The Bertz CT molecular complexity index is 471. The molecule has 1 aliphatic carbocycles. The predicted octanol–water partition coefficient (Wildman–Crippen LogP) is 1.14. The SMILES string of the molecule is COC(=O)C(NC(=O)CC(N)C1CC1)c1ccccc1. The summed E-state index contributed by atoms with van der Waals surface area (Å²) in [5.74, 6) is -0.248. The molecule has 108 valence electrons. The van der Waals surface area contributed by atoms with E-state index in [1.807, 2.05) is 18.2 Å². The Labute approximate surface area is 118 Å². The van der Waals surface area contributed by atoms with E-state index in [1.54, 1.807) is 12.1 Å². The van der Waals surface area contributed by atoms with E-state index >= 15 is 0 Å². The van der Waals surface area contributed by atoms with Gasteiger partial charge >= 0.3 is 5.97 Å². The molecule has 0 radical (unpaired) electrons. The van der Waals surface area contributed by atoms with E-state index in [9.17, 15) is 9.59 Å². The van der Waals surface area contributed by atoms with Crippen molar-refractivity contribution in [1.82, 2.24) is 5.32 Å². The monoisotopic (exact) mass is 276 g/mol. The smallest absolute Gasteiger partial charge is 0.333 e. The van der Waals surface area contributed by atoms with Crippen molar-refractivity contribution in [3.8, 4) is 0 Å². The van der Waals surface area contributed by atoms with Crippen molar-refractivity contribution in [3.05, 3.63) is 35.9 Å². The zero-order chi connectivity index (χ0) is 14.5. The summed E-state index contributed by atoms with van der Waals surface area (Å²) < 4.78 is 4.75. The van der Waals surface area contributed by atoms with Crippen LogP contribution >= 0.6 is 0 Å². The molecule has 0 saturated heterocycles. The zero-order valence-electron chi connectivity index (χ0n) is 11.5. The summed E-state index contributed by atoms with van der Waals surface area (Å²) in [5.41, 5.74) is 6.63. The van der Waals surface area contributed by atoms with Gasteiger partial charge in [0, 0.05) is 12.5 Å². The minimum Gasteiger partial charge on any atom is -0.467 e. The number of methoxy groups -OCH3 is 1. The molecule has 2 unspecified atom stereocenters. The van der Waals surface area contributed by atoms with Crippen LogP contribution in [0.4, 0.5) is 0 Å². The molecule has 3 N–H and O–H groups in total. The maximum absolute atomic E-state index is 12.0. The average molecular weight is 276 g/mol. The highest BCUT2D eigenvalue weighted by atomic mass is 16.5. The highest BCUT2D eigenvalue weighted by Gasteiger charge is 2.31. The van der Waals surface area contributed by atoms with Crippen LogP contribution in [-0.2, 0) is 14.3 Å². The van der Waals surface area contributed by atoms with E-state index in [2.05, 4.69) is 5.32 Å². The molecule has 1 fully saturated rings. The van der Waals surface area contributed by atoms with Crippen LogP contribution in [0, 0.1) is 5.92 Å². The van der Waals surface area contributed by atoms with Gasteiger partial charge in [-0.15, -0.1) is 0 Å². The molecular formula is C15H20N2O3. The molecule has 5 heteroatoms. The number of ether oxygens (including phenoxy) is 1. The Balaban J connectivity index is 2.00. The van der Waals surface area contributed by atoms with E-state index in [1.165, 1.54) is 7.11 Å². The first-order chi connectivity index (χ1) is 9.61. The standard InChI is InChI=1S/C15H20N2O3/c1-20-15(19)14(11-5-3-2-4-6-11)17-13(18)9-12(16)10-7-8-10/h2-6,10,12,14H,7-9,16H2,1H3,(H,17,18). The molecule has 1 aromatic carbocycles. The van der Waals surface area contributed by atoms with Gasteiger partial charge in [0.1, 0.15) is 0 Å². The van der Waals surface area contributed by atoms with Gasteiger partial charge in [0.25, 0.3) is 0 Å². The second kappa shape index (κ2) is 6.52. The van der Waals surface area contributed by atoms with E-state index in [0.29, 0.717) is 11.5 Å². The van der Waals surface area contributed by atoms with Crippen LogP contribution in [0.25, 0.3) is 0 Å². The van der Waals surface area contributed by atoms with Crippen molar-refractivity contribution in [2.24, 2.45) is 11.7 Å². The maximum Gasteiger partial charge on any atom is 0.333 e. The third-order valence-corrected chi connectivity index (χ3v) is 3.52. The lowest BCUT2D eigenvalue weighted by Crippen LogP contribution is -2.38. The van der Waals surface area contributed by atoms with Gasteiger partial charge in [-0.1, -0.05) is 30.3 Å². The Kier molecular flexibility index (Phi) is 4.74.